The summed E-state index contributed by atoms with van der Waals surface area (Å²) in [6.45, 7) is 2.63. The first kappa shape index (κ1) is 13.0. The van der Waals surface area contributed by atoms with Crippen molar-refractivity contribution >= 4 is 11.6 Å². The molecule has 1 aromatic rings. The lowest BCUT2D eigenvalue weighted by atomic mass is 9.89. The van der Waals surface area contributed by atoms with Crippen LogP contribution in [0.15, 0.2) is 6.07 Å². The number of hydrogen-bond acceptors (Lipinski definition) is 4. The van der Waals surface area contributed by atoms with Crippen molar-refractivity contribution in [1.29, 1.82) is 0 Å². The van der Waals surface area contributed by atoms with Gasteiger partial charge in [-0.1, -0.05) is 0 Å². The molecule has 0 aliphatic heterocycles. The number of pyridine rings is 1. The van der Waals surface area contributed by atoms with Crippen molar-refractivity contribution in [2.75, 3.05) is 24.3 Å². The second-order valence-electron chi connectivity index (χ2n) is 4.29. The Bertz CT molecular complexity index is 422. The molecule has 0 bridgehead atoms. The Morgan fingerprint density at radius 3 is 2.61 bits per heavy atom. The van der Waals surface area contributed by atoms with Gasteiger partial charge in [0.05, 0.1) is 6.10 Å². The van der Waals surface area contributed by atoms with E-state index in [1.165, 1.54) is 0 Å². The molecule has 1 fully saturated rings. The molecule has 0 spiro atoms. The maximum atomic E-state index is 13.5. The molecule has 100 valence electrons. The summed E-state index contributed by atoms with van der Waals surface area (Å²) in [5, 5.41) is 5.55. The van der Waals surface area contributed by atoms with Gasteiger partial charge >= 0.3 is 0 Å². The van der Waals surface area contributed by atoms with Gasteiger partial charge in [0.25, 0.3) is 0 Å². The van der Waals surface area contributed by atoms with Crippen LogP contribution >= 0.6 is 0 Å². The minimum atomic E-state index is -0.693. The van der Waals surface area contributed by atoms with Gasteiger partial charge in [-0.3, -0.25) is 0 Å². The van der Waals surface area contributed by atoms with Gasteiger partial charge in [-0.05, 0) is 19.8 Å². The summed E-state index contributed by atoms with van der Waals surface area (Å²) in [6, 6.07) is 0.971. The van der Waals surface area contributed by atoms with Crippen LogP contribution in [0.4, 0.5) is 20.4 Å². The van der Waals surface area contributed by atoms with Crippen molar-refractivity contribution < 1.29 is 13.5 Å². The third-order valence-electron chi connectivity index (χ3n) is 3.00. The molecule has 1 aliphatic carbocycles. The lowest BCUT2D eigenvalue weighted by molar-refractivity contribution is 0.00286. The van der Waals surface area contributed by atoms with E-state index in [-0.39, 0.29) is 23.8 Å². The SMILES string of the molecule is CCOC1CC(Nc2nc(NC)c(F)cc2F)C1. The highest BCUT2D eigenvalue weighted by molar-refractivity contribution is 5.48. The summed E-state index contributed by atoms with van der Waals surface area (Å²) in [4.78, 5) is 3.87. The summed E-state index contributed by atoms with van der Waals surface area (Å²) in [5.41, 5.74) is 0. The molecule has 18 heavy (non-hydrogen) atoms. The van der Waals surface area contributed by atoms with Crippen molar-refractivity contribution in [3.05, 3.63) is 17.7 Å². The van der Waals surface area contributed by atoms with Crippen molar-refractivity contribution in [2.45, 2.75) is 31.9 Å². The van der Waals surface area contributed by atoms with Crippen molar-refractivity contribution in [3.63, 3.8) is 0 Å². The predicted molar refractivity (Wildman–Crippen MR) is 65.8 cm³/mol. The van der Waals surface area contributed by atoms with E-state index in [9.17, 15) is 8.78 Å². The minimum absolute atomic E-state index is 0.0413. The molecule has 0 atom stereocenters. The van der Waals surface area contributed by atoms with Crippen LogP contribution in [0.2, 0.25) is 0 Å². The topological polar surface area (TPSA) is 46.2 Å². The van der Waals surface area contributed by atoms with Crippen molar-refractivity contribution in [2.24, 2.45) is 0 Å². The summed E-state index contributed by atoms with van der Waals surface area (Å²) >= 11 is 0. The van der Waals surface area contributed by atoms with Crippen LogP contribution in [0.3, 0.4) is 0 Å². The van der Waals surface area contributed by atoms with E-state index in [0.29, 0.717) is 6.61 Å². The Kier molecular flexibility index (Phi) is 3.96. The van der Waals surface area contributed by atoms with Gasteiger partial charge in [-0.2, -0.15) is 0 Å². The molecular weight excluding hydrogens is 240 g/mol. The van der Waals surface area contributed by atoms with E-state index in [2.05, 4.69) is 15.6 Å². The Morgan fingerprint density at radius 1 is 1.33 bits per heavy atom. The molecule has 1 heterocycles. The average Bonchev–Trinajstić information content (AvgIpc) is 2.29. The quantitative estimate of drug-likeness (QED) is 0.850. The van der Waals surface area contributed by atoms with Gasteiger partial charge in [0.1, 0.15) is 0 Å². The lowest BCUT2D eigenvalue weighted by Gasteiger charge is -2.35. The van der Waals surface area contributed by atoms with Gasteiger partial charge in [0, 0.05) is 25.8 Å². The van der Waals surface area contributed by atoms with Gasteiger partial charge < -0.3 is 15.4 Å². The van der Waals surface area contributed by atoms with Crippen LogP contribution in [0.1, 0.15) is 19.8 Å². The number of nitrogens with zero attached hydrogens (tertiary/aromatic N) is 1. The number of rotatable bonds is 5. The molecule has 4 nitrogen and oxygen atoms in total. The van der Waals surface area contributed by atoms with Crippen LogP contribution in [0.25, 0.3) is 0 Å². The van der Waals surface area contributed by atoms with E-state index < -0.39 is 11.6 Å². The van der Waals surface area contributed by atoms with Gasteiger partial charge in [0.2, 0.25) is 0 Å². The summed E-state index contributed by atoms with van der Waals surface area (Å²) < 4.78 is 32.1. The Balaban J connectivity index is 1.98. The second-order valence-corrected chi connectivity index (χ2v) is 4.29. The zero-order valence-corrected chi connectivity index (χ0v) is 10.5. The van der Waals surface area contributed by atoms with Gasteiger partial charge in [-0.15, -0.1) is 0 Å². The zero-order valence-electron chi connectivity index (χ0n) is 10.5. The predicted octanol–water partition coefficient (Wildman–Crippen LogP) is 2.38. The van der Waals surface area contributed by atoms with E-state index >= 15 is 0 Å². The van der Waals surface area contributed by atoms with Crippen LogP contribution in [-0.2, 0) is 4.74 Å². The highest BCUT2D eigenvalue weighted by atomic mass is 19.1. The molecule has 1 aliphatic rings. The molecular formula is C12H17F2N3O. The molecule has 0 aromatic carbocycles. The molecule has 0 saturated heterocycles. The highest BCUT2D eigenvalue weighted by Gasteiger charge is 2.30. The summed E-state index contributed by atoms with van der Waals surface area (Å²) in [6.07, 6.45) is 1.88. The maximum Gasteiger partial charge on any atom is 0.168 e. The first-order chi connectivity index (χ1) is 8.63. The molecule has 2 N–H and O–H groups in total. The standard InChI is InChI=1S/C12H17F2N3O/c1-3-18-8-4-7(5-8)16-12-10(14)6-9(13)11(15-2)17-12/h6-8H,3-5H2,1-2H3,(H2,15,16,17). The van der Waals surface area contributed by atoms with E-state index in [1.807, 2.05) is 6.92 Å². The fraction of sp³-hybridized carbons (Fsp3) is 0.583. The van der Waals surface area contributed by atoms with Gasteiger partial charge in [-0.25, -0.2) is 13.8 Å². The molecule has 0 radical (unpaired) electrons. The smallest absolute Gasteiger partial charge is 0.168 e. The molecule has 6 heteroatoms. The van der Waals surface area contributed by atoms with Crippen molar-refractivity contribution in [3.8, 4) is 0 Å². The Hall–Kier alpha value is -1.43. The molecule has 0 unspecified atom stereocenters. The van der Waals surface area contributed by atoms with Crippen LogP contribution in [0, 0.1) is 11.6 Å². The third kappa shape index (κ3) is 2.69. The highest BCUT2D eigenvalue weighted by Crippen LogP contribution is 2.28. The number of halogens is 2. The number of ether oxygens (including phenoxy) is 1. The fourth-order valence-corrected chi connectivity index (χ4v) is 1.99. The third-order valence-corrected chi connectivity index (χ3v) is 3.00. The normalized spacial score (nSPS) is 22.4. The van der Waals surface area contributed by atoms with E-state index in [0.717, 1.165) is 18.9 Å². The van der Waals surface area contributed by atoms with Gasteiger partial charge in [0.15, 0.2) is 23.3 Å². The largest absolute Gasteiger partial charge is 0.378 e. The van der Waals surface area contributed by atoms with Crippen LogP contribution in [-0.4, -0.2) is 30.8 Å². The number of anilines is 2. The number of aromatic nitrogens is 1. The summed E-state index contributed by atoms with van der Waals surface area (Å²) in [7, 11) is 1.54. The molecule has 1 aromatic heterocycles. The zero-order chi connectivity index (χ0) is 13.1. The first-order valence-electron chi connectivity index (χ1n) is 6.06. The molecule has 2 rings (SSSR count). The average molecular weight is 257 g/mol. The summed E-state index contributed by atoms with van der Waals surface area (Å²) in [5.74, 6) is -1.24. The minimum Gasteiger partial charge on any atom is -0.378 e. The first-order valence-corrected chi connectivity index (χ1v) is 6.06. The Labute approximate surface area is 105 Å². The Morgan fingerprint density at radius 2 is 2.00 bits per heavy atom. The maximum absolute atomic E-state index is 13.5. The van der Waals surface area contributed by atoms with E-state index in [1.54, 1.807) is 7.05 Å². The van der Waals surface area contributed by atoms with E-state index in [4.69, 9.17) is 4.74 Å². The second kappa shape index (κ2) is 5.48. The number of hydrogen-bond donors (Lipinski definition) is 2. The molecule has 0 amide bonds. The molecule has 1 saturated carbocycles. The monoisotopic (exact) mass is 257 g/mol. The number of nitrogens with one attached hydrogen (secondary N) is 2. The van der Waals surface area contributed by atoms with Crippen molar-refractivity contribution in [1.82, 2.24) is 4.98 Å². The van der Waals surface area contributed by atoms with Crippen LogP contribution < -0.4 is 10.6 Å². The fourth-order valence-electron chi connectivity index (χ4n) is 1.99. The van der Waals surface area contributed by atoms with Crippen LogP contribution in [0.5, 0.6) is 0 Å². The lowest BCUT2D eigenvalue weighted by Crippen LogP contribution is -2.41.